The molecule has 2 rings (SSSR count). The van der Waals surface area contributed by atoms with Crippen molar-refractivity contribution in [2.45, 2.75) is 6.42 Å². The number of hydrogen-bond acceptors (Lipinski definition) is 12. The van der Waals surface area contributed by atoms with Crippen molar-refractivity contribution < 1.29 is 47.7 Å². The smallest absolute Gasteiger partial charge is 0.344 e. The van der Waals surface area contributed by atoms with Crippen molar-refractivity contribution in [2.75, 3.05) is 26.4 Å². The third-order valence-corrected chi connectivity index (χ3v) is 4.01. The molecule has 35 heavy (non-hydrogen) atoms. The largest absolute Gasteiger partial charge is 0.463 e. The lowest BCUT2D eigenvalue weighted by Crippen LogP contribution is -2.19. The number of carbonyl (C=O) groups is 4. The van der Waals surface area contributed by atoms with E-state index in [1.165, 1.54) is 60.7 Å². The van der Waals surface area contributed by atoms with E-state index in [9.17, 15) is 28.8 Å². The van der Waals surface area contributed by atoms with Gasteiger partial charge < -0.3 is 18.9 Å². The lowest BCUT2D eigenvalue weighted by molar-refractivity contribution is -0.150. The summed E-state index contributed by atoms with van der Waals surface area (Å²) in [4.78, 5) is 74.1. The maximum absolute atomic E-state index is 11.9. The summed E-state index contributed by atoms with van der Waals surface area (Å²) in [6.45, 7) is -1.44. The van der Waals surface area contributed by atoms with Crippen molar-refractivity contribution in [3.8, 4) is 0 Å². The number of isocyanates is 2. The first-order chi connectivity index (χ1) is 16.9. The summed E-state index contributed by atoms with van der Waals surface area (Å²) in [7, 11) is 0. The van der Waals surface area contributed by atoms with Crippen molar-refractivity contribution in [3.63, 3.8) is 0 Å². The minimum Gasteiger partial charge on any atom is -0.463 e. The van der Waals surface area contributed by atoms with Crippen molar-refractivity contribution in [3.05, 3.63) is 59.7 Å². The first-order valence-corrected chi connectivity index (χ1v) is 9.94. The van der Waals surface area contributed by atoms with Gasteiger partial charge in [-0.2, -0.15) is 9.98 Å². The number of carbonyl (C=O) groups excluding carboxylic acids is 6. The van der Waals surface area contributed by atoms with E-state index in [0.29, 0.717) is 11.4 Å². The standard InChI is InChI=1S/C23H18N2O10/c26-14-24-18-6-2-16(3-7-18)22(30)34-12-20(28)32-10-1-11-33-21(29)13-35-23(31)17-4-8-19(9-5-17)25-15-27/h2-9H,1,10-13H2. The van der Waals surface area contributed by atoms with Crippen LogP contribution in [0.4, 0.5) is 11.4 Å². The van der Waals surface area contributed by atoms with Crippen LogP contribution in [-0.4, -0.2) is 62.5 Å². The maximum Gasteiger partial charge on any atom is 0.344 e. The lowest BCUT2D eigenvalue weighted by atomic mass is 10.2. The summed E-state index contributed by atoms with van der Waals surface area (Å²) in [6, 6.07) is 11.1. The molecule has 0 amide bonds. The third kappa shape index (κ3) is 9.62. The van der Waals surface area contributed by atoms with E-state index in [1.807, 2.05) is 0 Å². The van der Waals surface area contributed by atoms with Crippen molar-refractivity contribution in [1.82, 2.24) is 0 Å². The molecule has 12 nitrogen and oxygen atoms in total. The molecule has 0 aliphatic rings. The van der Waals surface area contributed by atoms with Gasteiger partial charge in [-0.05, 0) is 48.5 Å². The van der Waals surface area contributed by atoms with Crippen molar-refractivity contribution in [1.29, 1.82) is 0 Å². The van der Waals surface area contributed by atoms with Gasteiger partial charge in [-0.1, -0.05) is 0 Å². The van der Waals surface area contributed by atoms with Gasteiger partial charge in [0, 0.05) is 6.42 Å². The Morgan fingerprint density at radius 1 is 0.600 bits per heavy atom. The quantitative estimate of drug-likeness (QED) is 0.144. The Kier molecular flexibility index (Phi) is 10.7. The Hall–Kier alpha value is -4.92. The fourth-order valence-corrected chi connectivity index (χ4v) is 2.38. The van der Waals surface area contributed by atoms with Crippen LogP contribution in [0.25, 0.3) is 0 Å². The molecule has 0 bridgehead atoms. The Balaban J connectivity index is 1.57. The molecule has 0 aliphatic carbocycles. The molecule has 180 valence electrons. The molecule has 0 N–H and O–H groups in total. The summed E-state index contributed by atoms with van der Waals surface area (Å²) < 4.78 is 19.4. The highest BCUT2D eigenvalue weighted by Gasteiger charge is 2.13. The number of aliphatic imine (C=N–C) groups is 2. The second-order valence-electron chi connectivity index (χ2n) is 6.45. The number of esters is 4. The van der Waals surface area contributed by atoms with Gasteiger partial charge in [0.2, 0.25) is 12.2 Å². The van der Waals surface area contributed by atoms with E-state index in [2.05, 4.69) is 9.98 Å². The molecule has 0 heterocycles. The van der Waals surface area contributed by atoms with Crippen LogP contribution in [0, 0.1) is 0 Å². The van der Waals surface area contributed by atoms with Crippen LogP contribution < -0.4 is 0 Å². The molecule has 0 unspecified atom stereocenters. The average molecular weight is 482 g/mol. The van der Waals surface area contributed by atoms with Gasteiger partial charge in [0.05, 0.1) is 35.7 Å². The van der Waals surface area contributed by atoms with E-state index in [1.54, 1.807) is 0 Å². The van der Waals surface area contributed by atoms with E-state index < -0.39 is 37.1 Å². The summed E-state index contributed by atoms with van der Waals surface area (Å²) in [5.74, 6) is -3.13. The Labute approximate surface area is 198 Å². The van der Waals surface area contributed by atoms with E-state index in [0.717, 1.165) is 0 Å². The molecule has 0 radical (unpaired) electrons. The summed E-state index contributed by atoms with van der Waals surface area (Å²) in [5.41, 5.74) is 0.929. The molecule has 0 spiro atoms. The Morgan fingerprint density at radius 3 is 1.31 bits per heavy atom. The Bertz CT molecular complexity index is 1050. The number of hydrogen-bond donors (Lipinski definition) is 0. The third-order valence-electron chi connectivity index (χ3n) is 4.01. The highest BCUT2D eigenvalue weighted by atomic mass is 16.6. The van der Waals surface area contributed by atoms with E-state index in [4.69, 9.17) is 18.9 Å². The fraction of sp³-hybridized carbons (Fsp3) is 0.217. The van der Waals surface area contributed by atoms with Gasteiger partial charge in [-0.3, -0.25) is 0 Å². The summed E-state index contributed by atoms with van der Waals surface area (Å²) in [5, 5.41) is 0. The minimum absolute atomic E-state index is 0.0997. The molecule has 0 aromatic heterocycles. The monoisotopic (exact) mass is 482 g/mol. The van der Waals surface area contributed by atoms with E-state index in [-0.39, 0.29) is 30.8 Å². The fourth-order valence-electron chi connectivity index (χ4n) is 2.38. The maximum atomic E-state index is 11.9. The highest BCUT2D eigenvalue weighted by molar-refractivity contribution is 5.91. The molecular weight excluding hydrogens is 464 g/mol. The molecule has 0 aliphatic heterocycles. The molecule has 2 aromatic carbocycles. The number of rotatable bonds is 12. The van der Waals surface area contributed by atoms with Crippen molar-refractivity contribution >= 4 is 47.4 Å². The average Bonchev–Trinajstić information content (AvgIpc) is 2.87. The summed E-state index contributed by atoms with van der Waals surface area (Å²) >= 11 is 0. The van der Waals surface area contributed by atoms with E-state index >= 15 is 0 Å². The second-order valence-corrected chi connectivity index (χ2v) is 6.45. The molecule has 12 heteroatoms. The van der Waals surface area contributed by atoms with Gasteiger partial charge in [0.25, 0.3) is 0 Å². The highest BCUT2D eigenvalue weighted by Crippen LogP contribution is 2.13. The molecule has 0 saturated heterocycles. The number of nitrogens with zero attached hydrogens (tertiary/aromatic N) is 2. The van der Waals surface area contributed by atoms with Crippen molar-refractivity contribution in [2.24, 2.45) is 9.98 Å². The van der Waals surface area contributed by atoms with Crippen LogP contribution >= 0.6 is 0 Å². The van der Waals surface area contributed by atoms with Crippen LogP contribution in [0.3, 0.4) is 0 Å². The second kappa shape index (κ2) is 14.3. The van der Waals surface area contributed by atoms with Gasteiger partial charge in [-0.25, -0.2) is 28.8 Å². The lowest BCUT2D eigenvalue weighted by Gasteiger charge is -2.08. The first-order valence-electron chi connectivity index (χ1n) is 9.94. The van der Waals surface area contributed by atoms with Crippen LogP contribution in [0.1, 0.15) is 27.1 Å². The SMILES string of the molecule is O=C=Nc1ccc(C(=O)OCC(=O)OCCCOC(=O)COC(=O)c2ccc(N=C=O)cc2)cc1. The topological polar surface area (TPSA) is 164 Å². The molecule has 0 saturated carbocycles. The Morgan fingerprint density at radius 2 is 0.971 bits per heavy atom. The number of ether oxygens (including phenoxy) is 4. The molecular formula is C23H18N2O10. The number of benzene rings is 2. The zero-order valence-electron chi connectivity index (χ0n) is 18.1. The predicted molar refractivity (Wildman–Crippen MR) is 116 cm³/mol. The van der Waals surface area contributed by atoms with Gasteiger partial charge >= 0.3 is 23.9 Å². The molecule has 2 aromatic rings. The minimum atomic E-state index is -0.800. The van der Waals surface area contributed by atoms with Gasteiger partial charge in [0.1, 0.15) is 0 Å². The van der Waals surface area contributed by atoms with Crippen LogP contribution in [0.15, 0.2) is 58.5 Å². The zero-order chi connectivity index (χ0) is 25.5. The first kappa shape index (κ1) is 26.3. The van der Waals surface area contributed by atoms with Crippen LogP contribution in [-0.2, 0) is 38.1 Å². The zero-order valence-corrected chi connectivity index (χ0v) is 18.1. The molecule has 0 atom stereocenters. The van der Waals surface area contributed by atoms with Crippen LogP contribution in [0.5, 0.6) is 0 Å². The van der Waals surface area contributed by atoms with Gasteiger partial charge in [-0.15, -0.1) is 0 Å². The van der Waals surface area contributed by atoms with Gasteiger partial charge in [0.15, 0.2) is 13.2 Å². The molecule has 0 fully saturated rings. The predicted octanol–water partition coefficient (Wildman–Crippen LogP) is 2.11. The normalized spacial score (nSPS) is 9.60. The summed E-state index contributed by atoms with van der Waals surface area (Å²) in [6.07, 6.45) is 2.90. The van der Waals surface area contributed by atoms with Crippen LogP contribution in [0.2, 0.25) is 0 Å².